The summed E-state index contributed by atoms with van der Waals surface area (Å²) in [7, 11) is 1.64. The van der Waals surface area contributed by atoms with Gasteiger partial charge in [0.15, 0.2) is 6.10 Å². The highest BCUT2D eigenvalue weighted by atomic mass is 16.5. The zero-order chi connectivity index (χ0) is 29.0. The van der Waals surface area contributed by atoms with Crippen molar-refractivity contribution in [3.8, 4) is 33.8 Å². The maximum Gasteiger partial charge on any atom is 0.337 e. The van der Waals surface area contributed by atoms with E-state index in [-0.39, 0.29) is 0 Å². The first-order valence-electron chi connectivity index (χ1n) is 13.3. The Kier molecular flexibility index (Phi) is 8.60. The molecule has 0 aliphatic carbocycles. The highest BCUT2D eigenvalue weighted by Gasteiger charge is 2.33. The molecule has 6 nitrogen and oxygen atoms in total. The minimum atomic E-state index is -1.18. The third-order valence-electron chi connectivity index (χ3n) is 6.61. The predicted octanol–water partition coefficient (Wildman–Crippen LogP) is 7.87. The summed E-state index contributed by atoms with van der Waals surface area (Å²) in [5, 5.41) is 10.3. The number of methoxy groups -OCH3 is 1. The van der Waals surface area contributed by atoms with E-state index in [1.54, 1.807) is 7.11 Å². The normalized spacial score (nSPS) is 12.2. The molecule has 4 rings (SSSR count). The van der Waals surface area contributed by atoms with Crippen LogP contribution in [0.2, 0.25) is 0 Å². The molecule has 3 aromatic carbocycles. The van der Waals surface area contributed by atoms with Crippen molar-refractivity contribution in [3.05, 3.63) is 101 Å². The van der Waals surface area contributed by atoms with Crippen LogP contribution in [0.3, 0.4) is 0 Å². The van der Waals surface area contributed by atoms with E-state index < -0.39 is 17.7 Å². The summed E-state index contributed by atoms with van der Waals surface area (Å²) < 4.78 is 17.4. The van der Waals surface area contributed by atoms with E-state index in [2.05, 4.69) is 0 Å². The minimum Gasteiger partial charge on any atom is -0.497 e. The maximum absolute atomic E-state index is 12.6. The molecule has 0 amide bonds. The van der Waals surface area contributed by atoms with Gasteiger partial charge in [0.1, 0.15) is 18.1 Å². The highest BCUT2D eigenvalue weighted by Crippen LogP contribution is 2.43. The standard InChI is InChI=1S/C34H37NO5/c1-21-8-12-26(13-9-21)31-29(22(2)35-23(3)30(31)32(33(36)37)40-34(4,5)6)25-14-18-28(19-15-25)39-20-24-10-16-27(38-7)17-11-24/h8-19,32H,20H2,1-7H3,(H,36,37)/t32-/m0/s1. The fourth-order valence-electron chi connectivity index (χ4n) is 4.75. The van der Waals surface area contributed by atoms with Gasteiger partial charge in [-0.25, -0.2) is 4.79 Å². The Labute approximate surface area is 236 Å². The van der Waals surface area contributed by atoms with E-state index in [9.17, 15) is 9.90 Å². The van der Waals surface area contributed by atoms with Gasteiger partial charge in [-0.05, 0) is 88.1 Å². The molecule has 0 aliphatic rings. The van der Waals surface area contributed by atoms with Gasteiger partial charge in [-0.15, -0.1) is 0 Å². The Morgan fingerprint density at radius 2 is 1.35 bits per heavy atom. The Hall–Kier alpha value is -4.16. The number of benzene rings is 3. The highest BCUT2D eigenvalue weighted by molar-refractivity contribution is 5.91. The van der Waals surface area contributed by atoms with Gasteiger partial charge in [0.25, 0.3) is 0 Å². The third-order valence-corrected chi connectivity index (χ3v) is 6.61. The van der Waals surface area contributed by atoms with Crippen molar-refractivity contribution in [3.63, 3.8) is 0 Å². The molecular weight excluding hydrogens is 502 g/mol. The number of hydrogen-bond acceptors (Lipinski definition) is 5. The van der Waals surface area contributed by atoms with Crippen LogP contribution in [-0.4, -0.2) is 28.8 Å². The van der Waals surface area contributed by atoms with E-state index in [4.69, 9.17) is 19.2 Å². The second kappa shape index (κ2) is 11.9. The maximum atomic E-state index is 12.6. The van der Waals surface area contributed by atoms with Gasteiger partial charge in [0.2, 0.25) is 0 Å². The molecule has 0 fully saturated rings. The first kappa shape index (κ1) is 28.8. The lowest BCUT2D eigenvalue weighted by Crippen LogP contribution is -2.28. The number of aromatic nitrogens is 1. The van der Waals surface area contributed by atoms with Crippen LogP contribution in [0.4, 0.5) is 0 Å². The number of nitrogens with zero attached hydrogens (tertiary/aromatic N) is 1. The molecule has 208 valence electrons. The predicted molar refractivity (Wildman–Crippen MR) is 158 cm³/mol. The summed E-state index contributed by atoms with van der Waals surface area (Å²) in [5.41, 5.74) is 6.99. The van der Waals surface area contributed by atoms with Gasteiger partial charge in [0, 0.05) is 22.5 Å². The second-order valence-corrected chi connectivity index (χ2v) is 10.9. The Morgan fingerprint density at radius 1 is 0.800 bits per heavy atom. The summed E-state index contributed by atoms with van der Waals surface area (Å²) >= 11 is 0. The van der Waals surface area contributed by atoms with Gasteiger partial charge in [-0.1, -0.05) is 54.1 Å². The quantitative estimate of drug-likeness (QED) is 0.233. The monoisotopic (exact) mass is 539 g/mol. The first-order valence-corrected chi connectivity index (χ1v) is 13.3. The molecule has 0 saturated carbocycles. The number of carboxylic acids is 1. The number of rotatable bonds is 9. The largest absolute Gasteiger partial charge is 0.497 e. The molecule has 0 radical (unpaired) electrons. The fraction of sp³-hybridized carbons (Fsp3) is 0.294. The Bertz CT molecular complexity index is 1470. The molecular formula is C34H37NO5. The second-order valence-electron chi connectivity index (χ2n) is 10.9. The summed E-state index contributed by atoms with van der Waals surface area (Å²) in [4.78, 5) is 17.4. The number of aliphatic carboxylic acids is 1. The Morgan fingerprint density at radius 3 is 1.90 bits per heavy atom. The van der Waals surface area contributed by atoms with Gasteiger partial charge in [-0.3, -0.25) is 4.98 Å². The molecule has 0 saturated heterocycles. The molecule has 1 N–H and O–H groups in total. The van der Waals surface area contributed by atoms with Crippen LogP contribution in [0.1, 0.15) is 55.0 Å². The number of pyridine rings is 1. The molecule has 0 unspecified atom stereocenters. The van der Waals surface area contributed by atoms with Crippen LogP contribution in [-0.2, 0) is 16.1 Å². The average Bonchev–Trinajstić information content (AvgIpc) is 2.91. The number of aryl methyl sites for hydroxylation is 3. The van der Waals surface area contributed by atoms with Crippen LogP contribution in [0.25, 0.3) is 22.3 Å². The molecule has 0 spiro atoms. The zero-order valence-electron chi connectivity index (χ0n) is 24.2. The van der Waals surface area contributed by atoms with Gasteiger partial charge < -0.3 is 19.3 Å². The molecule has 6 heteroatoms. The van der Waals surface area contributed by atoms with Crippen LogP contribution >= 0.6 is 0 Å². The summed E-state index contributed by atoms with van der Waals surface area (Å²) in [6.45, 7) is 11.8. The number of ether oxygens (including phenoxy) is 3. The van der Waals surface area contributed by atoms with E-state index >= 15 is 0 Å². The van der Waals surface area contributed by atoms with Gasteiger partial charge >= 0.3 is 5.97 Å². The van der Waals surface area contributed by atoms with Gasteiger partial charge in [-0.2, -0.15) is 0 Å². The lowest BCUT2D eigenvalue weighted by molar-refractivity contribution is -0.160. The van der Waals surface area contributed by atoms with Crippen molar-refractivity contribution in [2.75, 3.05) is 7.11 Å². The third kappa shape index (κ3) is 6.69. The summed E-state index contributed by atoms with van der Waals surface area (Å²) in [6.07, 6.45) is -1.18. The van der Waals surface area contributed by atoms with Crippen molar-refractivity contribution in [1.82, 2.24) is 4.98 Å². The SMILES string of the molecule is COc1ccc(COc2ccc(-c3c(C)nc(C)c([C@H](OC(C)(C)C)C(=O)O)c3-c3ccc(C)cc3)cc2)cc1. The van der Waals surface area contributed by atoms with Crippen LogP contribution in [0.5, 0.6) is 11.5 Å². The molecule has 1 aromatic heterocycles. The molecule has 4 aromatic rings. The molecule has 0 bridgehead atoms. The fourth-order valence-corrected chi connectivity index (χ4v) is 4.75. The van der Waals surface area contributed by atoms with Gasteiger partial charge in [0.05, 0.1) is 12.7 Å². The van der Waals surface area contributed by atoms with E-state index in [0.717, 1.165) is 50.6 Å². The topological polar surface area (TPSA) is 77.9 Å². The minimum absolute atomic E-state index is 0.428. The first-order chi connectivity index (χ1) is 19.0. The summed E-state index contributed by atoms with van der Waals surface area (Å²) in [5.74, 6) is 0.483. The number of carboxylic acid groups (broad SMARTS) is 1. The van der Waals surface area contributed by atoms with Crippen molar-refractivity contribution >= 4 is 5.97 Å². The zero-order valence-corrected chi connectivity index (χ0v) is 24.2. The van der Waals surface area contributed by atoms with Crippen molar-refractivity contribution in [2.45, 2.75) is 59.9 Å². The van der Waals surface area contributed by atoms with Crippen molar-refractivity contribution < 1.29 is 24.1 Å². The lowest BCUT2D eigenvalue weighted by Gasteiger charge is -2.29. The van der Waals surface area contributed by atoms with Crippen LogP contribution in [0, 0.1) is 20.8 Å². The molecule has 1 heterocycles. The number of carbonyl (C=O) groups is 1. The average molecular weight is 540 g/mol. The molecule has 0 aliphatic heterocycles. The van der Waals surface area contributed by atoms with E-state index in [1.165, 1.54) is 0 Å². The van der Waals surface area contributed by atoms with Crippen molar-refractivity contribution in [2.24, 2.45) is 0 Å². The molecule has 1 atom stereocenters. The van der Waals surface area contributed by atoms with Crippen LogP contribution in [0.15, 0.2) is 72.8 Å². The molecule has 40 heavy (non-hydrogen) atoms. The lowest BCUT2D eigenvalue weighted by atomic mass is 9.86. The summed E-state index contributed by atoms with van der Waals surface area (Å²) in [6, 6.07) is 23.7. The van der Waals surface area contributed by atoms with E-state index in [0.29, 0.717) is 17.9 Å². The number of hydrogen-bond donors (Lipinski definition) is 1. The van der Waals surface area contributed by atoms with Crippen molar-refractivity contribution in [1.29, 1.82) is 0 Å². The van der Waals surface area contributed by atoms with E-state index in [1.807, 2.05) is 114 Å². The smallest absolute Gasteiger partial charge is 0.337 e. The Balaban J connectivity index is 1.79. The van der Waals surface area contributed by atoms with Crippen LogP contribution < -0.4 is 9.47 Å².